The summed E-state index contributed by atoms with van der Waals surface area (Å²) in [7, 11) is 0. The van der Waals surface area contributed by atoms with Crippen molar-refractivity contribution < 1.29 is 0 Å². The fraction of sp³-hybridized carbons (Fsp3) is 0.727. The molecule has 0 amide bonds. The molecule has 0 spiro atoms. The van der Waals surface area contributed by atoms with Gasteiger partial charge in [-0.3, -0.25) is 0 Å². The van der Waals surface area contributed by atoms with Crippen molar-refractivity contribution in [1.82, 2.24) is 9.97 Å². The number of nitrogens with zero attached hydrogens (tertiary/aromatic N) is 1. The first-order valence-corrected chi connectivity index (χ1v) is 5.31. The maximum Gasteiger partial charge on any atom is 0.106 e. The van der Waals surface area contributed by atoms with Crippen LogP contribution in [0.5, 0.6) is 0 Å². The van der Waals surface area contributed by atoms with Crippen LogP contribution in [-0.2, 0) is 6.42 Å². The smallest absolute Gasteiger partial charge is 0.106 e. The van der Waals surface area contributed by atoms with Gasteiger partial charge < -0.3 is 4.98 Å². The van der Waals surface area contributed by atoms with E-state index in [2.05, 4.69) is 23.8 Å². The minimum Gasteiger partial charge on any atom is -0.349 e. The number of unbranched alkanes of at least 4 members (excludes halogenated alkanes) is 1. The summed E-state index contributed by atoms with van der Waals surface area (Å²) in [5.74, 6) is 1.97. The molecule has 1 unspecified atom stereocenters. The zero-order valence-corrected chi connectivity index (χ0v) is 8.71. The molecule has 0 aliphatic heterocycles. The van der Waals surface area contributed by atoms with Crippen LogP contribution in [-0.4, -0.2) is 9.97 Å². The van der Waals surface area contributed by atoms with E-state index in [9.17, 15) is 0 Å². The quantitative estimate of drug-likeness (QED) is 0.715. The summed E-state index contributed by atoms with van der Waals surface area (Å²) in [5, 5.41) is 0. The van der Waals surface area contributed by atoms with Gasteiger partial charge in [0.05, 0.1) is 0 Å². The first-order valence-electron chi connectivity index (χ1n) is 5.31. The van der Waals surface area contributed by atoms with Gasteiger partial charge in [0.15, 0.2) is 0 Å². The van der Waals surface area contributed by atoms with E-state index in [0.717, 1.165) is 18.2 Å². The van der Waals surface area contributed by atoms with E-state index in [-0.39, 0.29) is 0 Å². The highest BCUT2D eigenvalue weighted by molar-refractivity contribution is 4.86. The van der Waals surface area contributed by atoms with Crippen molar-refractivity contribution in [3.8, 4) is 0 Å². The summed E-state index contributed by atoms with van der Waals surface area (Å²) in [5.41, 5.74) is 0. The van der Waals surface area contributed by atoms with Crippen LogP contribution in [0.2, 0.25) is 0 Å². The molecule has 1 atom stereocenters. The second kappa shape index (κ2) is 5.79. The summed E-state index contributed by atoms with van der Waals surface area (Å²) in [6.45, 7) is 4.58. The van der Waals surface area contributed by atoms with Crippen LogP contribution in [0.3, 0.4) is 0 Å². The molecule has 1 aromatic heterocycles. The van der Waals surface area contributed by atoms with Crippen molar-refractivity contribution in [2.24, 2.45) is 5.92 Å². The van der Waals surface area contributed by atoms with Crippen LogP contribution in [0.15, 0.2) is 12.4 Å². The molecule has 13 heavy (non-hydrogen) atoms. The lowest BCUT2D eigenvalue weighted by Gasteiger charge is -2.08. The Labute approximate surface area is 80.8 Å². The number of rotatable bonds is 6. The van der Waals surface area contributed by atoms with Crippen LogP contribution in [0.25, 0.3) is 0 Å². The van der Waals surface area contributed by atoms with Gasteiger partial charge in [0.1, 0.15) is 5.82 Å². The molecule has 0 saturated heterocycles. The predicted molar refractivity (Wildman–Crippen MR) is 55.6 cm³/mol. The molecule has 0 radical (unpaired) electrons. The lowest BCUT2D eigenvalue weighted by Crippen LogP contribution is -1.98. The Balaban J connectivity index is 2.11. The molecule has 0 aliphatic carbocycles. The van der Waals surface area contributed by atoms with Gasteiger partial charge in [0.2, 0.25) is 0 Å². The van der Waals surface area contributed by atoms with Gasteiger partial charge in [-0.2, -0.15) is 0 Å². The summed E-state index contributed by atoms with van der Waals surface area (Å²) < 4.78 is 0. The third kappa shape index (κ3) is 4.11. The largest absolute Gasteiger partial charge is 0.349 e. The lowest BCUT2D eigenvalue weighted by atomic mass is 9.99. The standard InChI is InChI=1S/C11H20N2/c1-3-4-5-10(2)6-7-11-12-8-9-13-11/h8-10H,3-7H2,1-2H3,(H,12,13). The number of hydrogen-bond donors (Lipinski definition) is 1. The first-order chi connectivity index (χ1) is 6.33. The van der Waals surface area contributed by atoms with Crippen molar-refractivity contribution in [3.05, 3.63) is 18.2 Å². The minimum atomic E-state index is 0.838. The number of aryl methyl sites for hydroxylation is 1. The molecule has 1 rings (SSSR count). The van der Waals surface area contributed by atoms with E-state index in [1.165, 1.54) is 25.7 Å². The number of aromatic amines is 1. The SMILES string of the molecule is CCCCC(C)CCc1ncc[nH]1. The van der Waals surface area contributed by atoms with Crippen LogP contribution < -0.4 is 0 Å². The topological polar surface area (TPSA) is 28.7 Å². The Bertz CT molecular complexity index is 204. The van der Waals surface area contributed by atoms with E-state index in [0.29, 0.717) is 0 Å². The van der Waals surface area contributed by atoms with Gasteiger partial charge in [0, 0.05) is 18.8 Å². The summed E-state index contributed by atoms with van der Waals surface area (Å²) in [6.07, 6.45) is 10.1. The van der Waals surface area contributed by atoms with Crippen molar-refractivity contribution >= 4 is 0 Å². The van der Waals surface area contributed by atoms with Gasteiger partial charge in [-0.25, -0.2) is 4.98 Å². The molecule has 0 aliphatic rings. The first kappa shape index (κ1) is 10.3. The average Bonchev–Trinajstić information content (AvgIpc) is 2.64. The predicted octanol–water partition coefficient (Wildman–Crippen LogP) is 3.17. The molecule has 2 heteroatoms. The zero-order valence-electron chi connectivity index (χ0n) is 8.71. The molecular formula is C11H20N2. The molecule has 0 fully saturated rings. The number of hydrogen-bond acceptors (Lipinski definition) is 1. The van der Waals surface area contributed by atoms with Crippen LogP contribution >= 0.6 is 0 Å². The highest BCUT2D eigenvalue weighted by Gasteiger charge is 2.02. The average molecular weight is 180 g/mol. The van der Waals surface area contributed by atoms with E-state index >= 15 is 0 Å². The fourth-order valence-electron chi connectivity index (χ4n) is 1.51. The second-order valence-corrected chi connectivity index (χ2v) is 3.82. The van der Waals surface area contributed by atoms with Gasteiger partial charge in [-0.1, -0.05) is 33.1 Å². The minimum absolute atomic E-state index is 0.838. The van der Waals surface area contributed by atoms with E-state index in [4.69, 9.17) is 0 Å². The van der Waals surface area contributed by atoms with Crippen LogP contribution in [0.1, 0.15) is 45.4 Å². The second-order valence-electron chi connectivity index (χ2n) is 3.82. The molecule has 0 saturated carbocycles. The van der Waals surface area contributed by atoms with Gasteiger partial charge in [0.25, 0.3) is 0 Å². The Morgan fingerprint density at radius 2 is 2.31 bits per heavy atom. The zero-order chi connectivity index (χ0) is 9.52. The van der Waals surface area contributed by atoms with Crippen LogP contribution in [0.4, 0.5) is 0 Å². The maximum absolute atomic E-state index is 4.21. The molecule has 2 nitrogen and oxygen atoms in total. The Morgan fingerprint density at radius 3 is 2.92 bits per heavy atom. The summed E-state index contributed by atoms with van der Waals surface area (Å²) in [6, 6.07) is 0. The molecule has 1 N–H and O–H groups in total. The van der Waals surface area contributed by atoms with Crippen molar-refractivity contribution in [2.75, 3.05) is 0 Å². The number of H-pyrrole nitrogens is 1. The molecule has 0 aromatic carbocycles. The monoisotopic (exact) mass is 180 g/mol. The van der Waals surface area contributed by atoms with Crippen LogP contribution in [0, 0.1) is 5.92 Å². The number of nitrogens with one attached hydrogen (secondary N) is 1. The molecule has 1 heterocycles. The maximum atomic E-state index is 4.21. The summed E-state index contributed by atoms with van der Waals surface area (Å²) >= 11 is 0. The van der Waals surface area contributed by atoms with Crippen molar-refractivity contribution in [1.29, 1.82) is 0 Å². The highest BCUT2D eigenvalue weighted by Crippen LogP contribution is 2.13. The van der Waals surface area contributed by atoms with E-state index in [1.54, 1.807) is 0 Å². The van der Waals surface area contributed by atoms with Gasteiger partial charge in [-0.05, 0) is 12.3 Å². The summed E-state index contributed by atoms with van der Waals surface area (Å²) in [4.78, 5) is 7.35. The normalized spacial score (nSPS) is 13.1. The van der Waals surface area contributed by atoms with Gasteiger partial charge in [-0.15, -0.1) is 0 Å². The molecular weight excluding hydrogens is 160 g/mol. The number of aromatic nitrogens is 2. The van der Waals surface area contributed by atoms with Crippen molar-refractivity contribution in [2.45, 2.75) is 46.0 Å². The fourth-order valence-corrected chi connectivity index (χ4v) is 1.51. The third-order valence-electron chi connectivity index (χ3n) is 2.48. The molecule has 0 bridgehead atoms. The highest BCUT2D eigenvalue weighted by atomic mass is 14.9. The Morgan fingerprint density at radius 1 is 1.46 bits per heavy atom. The Kier molecular flexibility index (Phi) is 4.58. The third-order valence-corrected chi connectivity index (χ3v) is 2.48. The molecule has 1 aromatic rings. The van der Waals surface area contributed by atoms with E-state index < -0.39 is 0 Å². The van der Waals surface area contributed by atoms with E-state index in [1.807, 2.05) is 12.4 Å². The van der Waals surface area contributed by atoms with Gasteiger partial charge >= 0.3 is 0 Å². The van der Waals surface area contributed by atoms with Crippen molar-refractivity contribution in [3.63, 3.8) is 0 Å². The number of imidazole rings is 1. The molecule has 74 valence electrons. The lowest BCUT2D eigenvalue weighted by molar-refractivity contribution is 0.468. The Hall–Kier alpha value is -0.790.